The first kappa shape index (κ1) is 21.6. The average Bonchev–Trinajstić information content (AvgIpc) is 2.67. The van der Waals surface area contributed by atoms with Gasteiger partial charge in [-0.15, -0.1) is 5.06 Å². The van der Waals surface area contributed by atoms with Crippen molar-refractivity contribution >= 4 is 40.7 Å². The van der Waals surface area contributed by atoms with Gasteiger partial charge in [0.1, 0.15) is 13.3 Å². The number of Topliss-reactive ketones (excluding diaryl/α,β-unsaturated/α-hetero) is 1. The van der Waals surface area contributed by atoms with Crippen LogP contribution >= 0.6 is 23.2 Å². The summed E-state index contributed by atoms with van der Waals surface area (Å²) < 4.78 is 0. The Bertz CT molecular complexity index is 885. The monoisotopic (exact) mass is 435 g/mol. The fourth-order valence-corrected chi connectivity index (χ4v) is 3.79. The first-order valence-corrected chi connectivity index (χ1v) is 9.89. The van der Waals surface area contributed by atoms with Crippen LogP contribution in [0.5, 0.6) is 0 Å². The van der Waals surface area contributed by atoms with Crippen molar-refractivity contribution in [2.45, 2.75) is 25.8 Å². The maximum absolute atomic E-state index is 13.3. The van der Waals surface area contributed by atoms with Crippen molar-refractivity contribution in [2.24, 2.45) is 0 Å². The summed E-state index contributed by atoms with van der Waals surface area (Å²) in [6, 6.07) is 14.1. The molecule has 1 aliphatic heterocycles. The highest BCUT2D eigenvalue weighted by atomic mass is 35.5. The van der Waals surface area contributed by atoms with Crippen molar-refractivity contribution in [2.75, 3.05) is 25.3 Å². The molecule has 6 nitrogen and oxygen atoms in total. The topological polar surface area (TPSA) is 53.1 Å². The van der Waals surface area contributed by atoms with Crippen LogP contribution in [0.15, 0.2) is 48.5 Å². The molecule has 0 atom stereocenters. The van der Waals surface area contributed by atoms with Gasteiger partial charge in [0.05, 0.1) is 12.6 Å². The van der Waals surface area contributed by atoms with Crippen LogP contribution < -0.4 is 4.90 Å². The largest absolute Gasteiger partial charge is 0.327 e. The zero-order valence-corrected chi connectivity index (χ0v) is 18.1. The normalized spacial score (nSPS) is 15.7. The van der Waals surface area contributed by atoms with Crippen LogP contribution in [-0.4, -0.2) is 47.8 Å². The van der Waals surface area contributed by atoms with Gasteiger partial charge in [-0.3, -0.25) is 19.4 Å². The summed E-state index contributed by atoms with van der Waals surface area (Å²) in [6.07, 6.45) is 0.107. The minimum atomic E-state index is -1.07. The number of halogens is 2. The predicted octanol–water partition coefficient (Wildman–Crippen LogP) is 4.60. The third kappa shape index (κ3) is 4.73. The fourth-order valence-electron chi connectivity index (χ4n) is 3.22. The van der Waals surface area contributed by atoms with Gasteiger partial charge in [-0.25, -0.2) is 4.79 Å². The maximum Gasteiger partial charge on any atom is 0.327 e. The van der Waals surface area contributed by atoms with E-state index in [9.17, 15) is 9.59 Å². The number of hydroxylamine groups is 2. The number of hydrogen-bond acceptors (Lipinski definition) is 4. The molecule has 0 unspecified atom stereocenters. The summed E-state index contributed by atoms with van der Waals surface area (Å²) in [4.78, 5) is 35.0. The molecule has 0 bridgehead atoms. The number of benzene rings is 2. The smallest absolute Gasteiger partial charge is 0.299 e. The van der Waals surface area contributed by atoms with Crippen molar-refractivity contribution in [3.63, 3.8) is 0 Å². The lowest BCUT2D eigenvalue weighted by molar-refractivity contribution is -0.171. The molecule has 1 aliphatic rings. The third-order valence-corrected chi connectivity index (χ3v) is 5.47. The van der Waals surface area contributed by atoms with E-state index in [0.29, 0.717) is 15.6 Å². The number of hydrogen-bond donors (Lipinski definition) is 0. The second kappa shape index (κ2) is 8.71. The number of nitrogens with zero attached hydrogens (tertiary/aromatic N) is 3. The summed E-state index contributed by atoms with van der Waals surface area (Å²) in [5, 5.41) is 2.56. The number of ketones is 1. The van der Waals surface area contributed by atoms with Crippen LogP contribution in [0.4, 0.5) is 10.5 Å². The third-order valence-electron chi connectivity index (χ3n) is 5.03. The molecule has 0 spiro atoms. The molecule has 2 amide bonds. The summed E-state index contributed by atoms with van der Waals surface area (Å²) >= 11 is 12.1. The molecule has 0 saturated carbocycles. The van der Waals surface area contributed by atoms with Crippen molar-refractivity contribution in [3.05, 3.63) is 64.1 Å². The van der Waals surface area contributed by atoms with Gasteiger partial charge in [0.15, 0.2) is 5.78 Å². The molecule has 0 aromatic heterocycles. The van der Waals surface area contributed by atoms with E-state index in [1.54, 1.807) is 49.1 Å². The van der Waals surface area contributed by atoms with Gasteiger partial charge < -0.3 is 0 Å². The van der Waals surface area contributed by atoms with Gasteiger partial charge in [0.25, 0.3) is 0 Å². The summed E-state index contributed by atoms with van der Waals surface area (Å²) in [5.41, 5.74) is 0.360. The van der Waals surface area contributed by atoms with Crippen molar-refractivity contribution < 1.29 is 14.4 Å². The minimum absolute atomic E-state index is 0.107. The number of carbonyl (C=O) groups is 2. The Morgan fingerprint density at radius 1 is 1.07 bits per heavy atom. The lowest BCUT2D eigenvalue weighted by Gasteiger charge is -2.47. The van der Waals surface area contributed by atoms with E-state index in [2.05, 4.69) is 0 Å². The Kier molecular flexibility index (Phi) is 6.49. The highest BCUT2D eigenvalue weighted by Gasteiger charge is 2.43. The highest BCUT2D eigenvalue weighted by Crippen LogP contribution is 2.28. The van der Waals surface area contributed by atoms with Crippen molar-refractivity contribution in [1.29, 1.82) is 0 Å². The lowest BCUT2D eigenvalue weighted by atomic mass is 9.92. The number of carbonyl (C=O) groups excluding carboxylic acids is 2. The molecule has 1 heterocycles. The van der Waals surface area contributed by atoms with E-state index in [-0.39, 0.29) is 31.6 Å². The number of amides is 2. The zero-order valence-electron chi connectivity index (χ0n) is 16.6. The molecule has 3 rings (SSSR count). The first-order valence-electron chi connectivity index (χ1n) is 9.14. The van der Waals surface area contributed by atoms with Gasteiger partial charge in [-0.1, -0.05) is 41.4 Å². The number of urea groups is 1. The molecule has 2 aromatic carbocycles. The molecule has 29 heavy (non-hydrogen) atoms. The summed E-state index contributed by atoms with van der Waals surface area (Å²) in [5.74, 6) is -0.129. The minimum Gasteiger partial charge on any atom is -0.299 e. The van der Waals surface area contributed by atoms with E-state index < -0.39 is 5.54 Å². The lowest BCUT2D eigenvalue weighted by Crippen LogP contribution is -2.65. The molecular weight excluding hydrogens is 413 g/mol. The van der Waals surface area contributed by atoms with Crippen LogP contribution in [0.25, 0.3) is 0 Å². The maximum atomic E-state index is 13.3. The van der Waals surface area contributed by atoms with E-state index >= 15 is 0 Å². The van der Waals surface area contributed by atoms with Gasteiger partial charge in [-0.05, 0) is 49.7 Å². The van der Waals surface area contributed by atoms with Crippen LogP contribution in [-0.2, 0) is 16.1 Å². The molecule has 1 fully saturated rings. The standard InChI is InChI=1S/C21H23Cl2N3O3/c1-21(2,19(27)11-15-9-16(22)12-17(23)10-15)26-14-24(29-3)13-25(20(26)28)18-7-5-4-6-8-18/h4-10,12H,11,13-14H2,1-3H3. The van der Waals surface area contributed by atoms with E-state index in [0.717, 1.165) is 5.69 Å². The number of anilines is 1. The van der Waals surface area contributed by atoms with E-state index in [1.165, 1.54) is 4.90 Å². The Hall–Kier alpha value is -2.12. The molecule has 1 saturated heterocycles. The average molecular weight is 436 g/mol. The second-order valence-corrected chi connectivity index (χ2v) is 8.23. The Morgan fingerprint density at radius 2 is 1.69 bits per heavy atom. The predicted molar refractivity (Wildman–Crippen MR) is 114 cm³/mol. The molecule has 2 aromatic rings. The quantitative estimate of drug-likeness (QED) is 0.664. The van der Waals surface area contributed by atoms with Crippen LogP contribution in [0, 0.1) is 0 Å². The Labute approximate surface area is 180 Å². The number of rotatable bonds is 6. The molecule has 154 valence electrons. The van der Waals surface area contributed by atoms with Crippen LogP contribution in [0.3, 0.4) is 0 Å². The summed E-state index contributed by atoms with van der Waals surface area (Å²) in [6.45, 7) is 3.92. The van der Waals surface area contributed by atoms with Gasteiger partial charge >= 0.3 is 6.03 Å². The molecule has 0 radical (unpaired) electrons. The Balaban J connectivity index is 1.86. The van der Waals surface area contributed by atoms with Crippen LogP contribution in [0.2, 0.25) is 10.0 Å². The highest BCUT2D eigenvalue weighted by molar-refractivity contribution is 6.34. The second-order valence-electron chi connectivity index (χ2n) is 7.36. The molecule has 0 aliphatic carbocycles. The fraction of sp³-hybridized carbons (Fsp3) is 0.333. The molecule has 8 heteroatoms. The van der Waals surface area contributed by atoms with E-state index in [1.807, 2.05) is 30.3 Å². The van der Waals surface area contributed by atoms with Gasteiger partial charge in [0, 0.05) is 22.2 Å². The van der Waals surface area contributed by atoms with Crippen LogP contribution in [0.1, 0.15) is 19.4 Å². The Morgan fingerprint density at radius 3 is 2.28 bits per heavy atom. The number of para-hydroxylation sites is 1. The molecular formula is C21H23Cl2N3O3. The summed E-state index contributed by atoms with van der Waals surface area (Å²) in [7, 11) is 1.54. The first-order chi connectivity index (χ1) is 13.7. The SMILES string of the molecule is CON1CN(c2ccccc2)C(=O)N(C(C)(C)C(=O)Cc2cc(Cl)cc(Cl)c2)C1. The van der Waals surface area contributed by atoms with Gasteiger partial charge in [0.2, 0.25) is 0 Å². The van der Waals surface area contributed by atoms with Crippen molar-refractivity contribution in [3.8, 4) is 0 Å². The van der Waals surface area contributed by atoms with Crippen molar-refractivity contribution in [1.82, 2.24) is 9.96 Å². The van der Waals surface area contributed by atoms with E-state index in [4.69, 9.17) is 28.0 Å². The van der Waals surface area contributed by atoms with Gasteiger partial charge in [-0.2, -0.15) is 0 Å². The zero-order chi connectivity index (χ0) is 21.2. The molecule has 0 N–H and O–H groups in total.